The first-order valence-corrected chi connectivity index (χ1v) is 3.75. The molecule has 0 heterocycles. The Balaban J connectivity index is 0.00000144. The molecule has 13 heavy (non-hydrogen) atoms. The van der Waals surface area contributed by atoms with E-state index in [0.717, 1.165) is 0 Å². The topological polar surface area (TPSA) is 53.3 Å². The summed E-state index contributed by atoms with van der Waals surface area (Å²) < 4.78 is 4.93. The number of hydrogen-bond donors (Lipinski definition) is 2. The molecule has 0 aliphatic heterocycles. The lowest BCUT2D eigenvalue weighted by Gasteiger charge is -2.05. The molecule has 0 aliphatic rings. The highest BCUT2D eigenvalue weighted by atomic mass is 35.5. The third-order valence-corrected chi connectivity index (χ3v) is 1.44. The minimum Gasteiger partial charge on any atom is -0.507 e. The molecule has 0 bridgehead atoms. The number of ether oxygens (including phenoxy) is 1. The van der Waals surface area contributed by atoms with Crippen LogP contribution in [0.25, 0.3) is 0 Å². The predicted molar refractivity (Wildman–Crippen MR) is 53.8 cm³/mol. The van der Waals surface area contributed by atoms with E-state index in [9.17, 15) is 5.11 Å². The Morgan fingerprint density at radius 3 is 2.62 bits per heavy atom. The van der Waals surface area contributed by atoms with E-state index in [-0.39, 0.29) is 24.1 Å². The molecular weight excluding hydrogens is 190 g/mol. The third-order valence-electron chi connectivity index (χ3n) is 1.44. The number of rotatable bonds is 2. The largest absolute Gasteiger partial charge is 0.507 e. The van der Waals surface area contributed by atoms with Crippen LogP contribution in [0.5, 0.6) is 5.75 Å². The van der Waals surface area contributed by atoms with Crippen molar-refractivity contribution in [3.63, 3.8) is 0 Å². The van der Waals surface area contributed by atoms with E-state index in [0.29, 0.717) is 12.2 Å². The van der Waals surface area contributed by atoms with Gasteiger partial charge in [-0.2, -0.15) is 0 Å². The summed E-state index contributed by atoms with van der Waals surface area (Å²) in [5, 5.41) is 16.7. The second-order valence-electron chi connectivity index (χ2n) is 2.28. The molecule has 0 aromatic heterocycles. The Kier molecular flexibility index (Phi) is 4.92. The Labute approximate surface area is 83.3 Å². The number of aromatic hydroxyl groups is 1. The fraction of sp³-hybridized carbons (Fsp3) is 0.222. The van der Waals surface area contributed by atoms with Crippen LogP contribution in [0.3, 0.4) is 0 Å². The summed E-state index contributed by atoms with van der Waals surface area (Å²) in [5.74, 6) is 0.0894. The lowest BCUT2D eigenvalue weighted by Crippen LogP contribution is -2.04. The van der Waals surface area contributed by atoms with Gasteiger partial charge < -0.3 is 9.84 Å². The van der Waals surface area contributed by atoms with Gasteiger partial charge in [0.2, 0.25) is 5.90 Å². The lowest BCUT2D eigenvalue weighted by molar-refractivity contribution is 0.324. The number of nitrogens with one attached hydrogen (secondary N) is 1. The van der Waals surface area contributed by atoms with E-state index in [2.05, 4.69) is 0 Å². The minimum absolute atomic E-state index is 0. The van der Waals surface area contributed by atoms with Crippen molar-refractivity contribution in [3.8, 4) is 5.75 Å². The van der Waals surface area contributed by atoms with E-state index >= 15 is 0 Å². The Hall–Kier alpha value is -1.22. The average Bonchev–Trinajstić information content (AvgIpc) is 2.05. The Morgan fingerprint density at radius 1 is 1.46 bits per heavy atom. The van der Waals surface area contributed by atoms with Crippen molar-refractivity contribution in [1.82, 2.24) is 0 Å². The number of hydrogen-bond acceptors (Lipinski definition) is 3. The smallest absolute Gasteiger partial charge is 0.217 e. The fourth-order valence-electron chi connectivity index (χ4n) is 0.888. The summed E-state index contributed by atoms with van der Waals surface area (Å²) in [5.41, 5.74) is 0.430. The van der Waals surface area contributed by atoms with Gasteiger partial charge in [-0.3, -0.25) is 5.41 Å². The van der Waals surface area contributed by atoms with Gasteiger partial charge in [0.05, 0.1) is 12.2 Å². The van der Waals surface area contributed by atoms with Crippen molar-refractivity contribution in [2.75, 3.05) is 6.61 Å². The quantitative estimate of drug-likeness (QED) is 0.569. The zero-order chi connectivity index (χ0) is 8.97. The molecule has 0 atom stereocenters. The summed E-state index contributed by atoms with van der Waals surface area (Å²) in [4.78, 5) is 0. The van der Waals surface area contributed by atoms with Crippen LogP contribution in [0.15, 0.2) is 24.3 Å². The predicted octanol–water partition coefficient (Wildman–Crippen LogP) is 2.18. The zero-order valence-corrected chi connectivity index (χ0v) is 8.10. The highest BCUT2D eigenvalue weighted by Crippen LogP contribution is 2.16. The van der Waals surface area contributed by atoms with Gasteiger partial charge in [0.25, 0.3) is 0 Å². The van der Waals surface area contributed by atoms with Crippen molar-refractivity contribution >= 4 is 18.3 Å². The molecular formula is C9H12ClNO2. The van der Waals surface area contributed by atoms with Crippen molar-refractivity contribution < 1.29 is 9.84 Å². The number of para-hydroxylation sites is 1. The number of phenols is 1. The molecule has 0 aliphatic carbocycles. The Bertz CT molecular complexity index is 289. The monoisotopic (exact) mass is 201 g/mol. The molecule has 0 saturated carbocycles. The van der Waals surface area contributed by atoms with E-state index in [4.69, 9.17) is 10.1 Å². The van der Waals surface area contributed by atoms with Gasteiger partial charge in [0, 0.05) is 0 Å². The molecule has 4 heteroatoms. The zero-order valence-electron chi connectivity index (χ0n) is 7.28. The van der Waals surface area contributed by atoms with Crippen LogP contribution in [0.1, 0.15) is 12.5 Å². The standard InChI is InChI=1S/C9H11NO2.ClH/c1-2-12-9(10)7-5-3-4-6-8(7)11;/h3-6,10-11H,2H2,1H3;1H. The maximum atomic E-state index is 9.29. The van der Waals surface area contributed by atoms with Crippen LogP contribution in [-0.4, -0.2) is 17.6 Å². The normalized spacial score (nSPS) is 8.69. The Morgan fingerprint density at radius 2 is 2.08 bits per heavy atom. The van der Waals surface area contributed by atoms with E-state index in [1.807, 2.05) is 0 Å². The summed E-state index contributed by atoms with van der Waals surface area (Å²) in [6.45, 7) is 2.24. The van der Waals surface area contributed by atoms with Crippen LogP contribution in [0.2, 0.25) is 0 Å². The number of benzene rings is 1. The molecule has 0 spiro atoms. The second-order valence-corrected chi connectivity index (χ2v) is 2.28. The fourth-order valence-corrected chi connectivity index (χ4v) is 0.888. The molecule has 0 unspecified atom stereocenters. The molecule has 0 saturated heterocycles. The van der Waals surface area contributed by atoms with Crippen LogP contribution in [0, 0.1) is 5.41 Å². The summed E-state index contributed by atoms with van der Waals surface area (Å²) in [6, 6.07) is 6.64. The van der Waals surface area contributed by atoms with E-state index < -0.39 is 0 Å². The molecule has 1 rings (SSSR count). The number of phenolic OH excluding ortho intramolecular Hbond substituents is 1. The number of halogens is 1. The van der Waals surface area contributed by atoms with E-state index in [1.54, 1.807) is 25.1 Å². The van der Waals surface area contributed by atoms with Crippen molar-refractivity contribution in [2.45, 2.75) is 6.92 Å². The molecule has 0 radical (unpaired) electrons. The third kappa shape index (κ3) is 2.95. The summed E-state index contributed by atoms with van der Waals surface area (Å²) in [7, 11) is 0. The van der Waals surface area contributed by atoms with Crippen LogP contribution in [-0.2, 0) is 4.74 Å². The summed E-state index contributed by atoms with van der Waals surface area (Å²) >= 11 is 0. The van der Waals surface area contributed by atoms with Gasteiger partial charge in [-0.1, -0.05) is 12.1 Å². The molecule has 72 valence electrons. The van der Waals surface area contributed by atoms with Gasteiger partial charge >= 0.3 is 0 Å². The molecule has 2 N–H and O–H groups in total. The first-order chi connectivity index (χ1) is 5.75. The van der Waals surface area contributed by atoms with Crippen molar-refractivity contribution in [3.05, 3.63) is 29.8 Å². The lowest BCUT2D eigenvalue weighted by atomic mass is 10.2. The average molecular weight is 202 g/mol. The first-order valence-electron chi connectivity index (χ1n) is 3.75. The highest BCUT2D eigenvalue weighted by molar-refractivity contribution is 5.94. The highest BCUT2D eigenvalue weighted by Gasteiger charge is 2.05. The van der Waals surface area contributed by atoms with Gasteiger partial charge in [0.15, 0.2) is 0 Å². The summed E-state index contributed by atoms with van der Waals surface area (Å²) in [6.07, 6.45) is 0. The van der Waals surface area contributed by atoms with Crippen LogP contribution < -0.4 is 0 Å². The molecule has 0 fully saturated rings. The van der Waals surface area contributed by atoms with Gasteiger partial charge in [-0.25, -0.2) is 0 Å². The van der Waals surface area contributed by atoms with Gasteiger partial charge in [0.1, 0.15) is 5.75 Å². The van der Waals surface area contributed by atoms with Gasteiger partial charge in [-0.15, -0.1) is 12.4 Å². The second kappa shape index (κ2) is 5.43. The minimum atomic E-state index is 0. The maximum absolute atomic E-state index is 9.29. The molecule has 1 aromatic carbocycles. The molecule has 1 aromatic rings. The first kappa shape index (κ1) is 11.8. The molecule has 0 amide bonds. The van der Waals surface area contributed by atoms with Crippen LogP contribution in [0.4, 0.5) is 0 Å². The molecule has 3 nitrogen and oxygen atoms in total. The van der Waals surface area contributed by atoms with Crippen molar-refractivity contribution in [2.24, 2.45) is 0 Å². The SMILES string of the molecule is CCOC(=N)c1ccccc1O.Cl. The maximum Gasteiger partial charge on any atom is 0.217 e. The van der Waals surface area contributed by atoms with Gasteiger partial charge in [-0.05, 0) is 19.1 Å². The van der Waals surface area contributed by atoms with Crippen LogP contribution >= 0.6 is 12.4 Å². The van der Waals surface area contributed by atoms with E-state index in [1.165, 1.54) is 6.07 Å². The van der Waals surface area contributed by atoms with Crippen molar-refractivity contribution in [1.29, 1.82) is 5.41 Å².